The summed E-state index contributed by atoms with van der Waals surface area (Å²) in [6.07, 6.45) is 3.00. The number of hydrogen-bond donors (Lipinski definition) is 1. The Bertz CT molecular complexity index is 834. The summed E-state index contributed by atoms with van der Waals surface area (Å²) in [5, 5.41) is 3.42. The third kappa shape index (κ3) is 5.04. The summed E-state index contributed by atoms with van der Waals surface area (Å²) in [4.78, 5) is 27.5. The van der Waals surface area contributed by atoms with Gasteiger partial charge in [-0.3, -0.25) is 9.59 Å². The van der Waals surface area contributed by atoms with Gasteiger partial charge < -0.3 is 15.0 Å². The minimum absolute atomic E-state index is 0.0422. The Kier molecular flexibility index (Phi) is 6.93. The molecule has 0 aliphatic carbocycles. The van der Waals surface area contributed by atoms with E-state index < -0.39 is 6.10 Å². The van der Waals surface area contributed by atoms with Crippen LogP contribution >= 0.6 is 11.6 Å². The van der Waals surface area contributed by atoms with E-state index in [0.717, 1.165) is 32.4 Å². The number of rotatable bonds is 6. The smallest absolute Gasteiger partial charge is 0.265 e. The minimum Gasteiger partial charge on any atom is -0.481 e. The Balaban J connectivity index is 1.73. The molecule has 0 spiro atoms. The van der Waals surface area contributed by atoms with Crippen LogP contribution in [0.5, 0.6) is 5.75 Å². The fraction of sp³-hybridized carbons (Fsp3) is 0.364. The number of carbonyl (C=O) groups excluding carboxylic acids is 2. The Labute approximate surface area is 170 Å². The summed E-state index contributed by atoms with van der Waals surface area (Å²) in [5.74, 6) is 0.202. The van der Waals surface area contributed by atoms with Crippen molar-refractivity contribution in [2.75, 3.05) is 18.4 Å². The average molecular weight is 401 g/mol. The van der Waals surface area contributed by atoms with Gasteiger partial charge in [0, 0.05) is 18.1 Å². The monoisotopic (exact) mass is 400 g/mol. The summed E-state index contributed by atoms with van der Waals surface area (Å²) in [5.41, 5.74) is 1.02. The van der Waals surface area contributed by atoms with Crippen molar-refractivity contribution in [2.45, 2.75) is 38.7 Å². The highest BCUT2D eigenvalue weighted by Crippen LogP contribution is 2.22. The van der Waals surface area contributed by atoms with Gasteiger partial charge in [-0.15, -0.1) is 0 Å². The molecule has 1 atom stereocenters. The molecule has 0 bridgehead atoms. The Morgan fingerprint density at radius 3 is 2.57 bits per heavy atom. The lowest BCUT2D eigenvalue weighted by molar-refractivity contribution is -0.122. The van der Waals surface area contributed by atoms with Gasteiger partial charge in [0.05, 0.1) is 11.3 Å². The zero-order chi connectivity index (χ0) is 19.9. The van der Waals surface area contributed by atoms with E-state index >= 15 is 0 Å². The van der Waals surface area contributed by atoms with E-state index in [1.54, 1.807) is 42.5 Å². The lowest BCUT2D eigenvalue weighted by atomic mass is 10.1. The maximum absolute atomic E-state index is 12.9. The maximum Gasteiger partial charge on any atom is 0.265 e. The van der Waals surface area contributed by atoms with E-state index in [1.807, 2.05) is 17.9 Å². The molecule has 6 heteroatoms. The topological polar surface area (TPSA) is 58.6 Å². The third-order valence-corrected chi connectivity index (χ3v) is 5.03. The van der Waals surface area contributed by atoms with Crippen LogP contribution in [0.2, 0.25) is 5.02 Å². The van der Waals surface area contributed by atoms with Crippen LogP contribution in [0.25, 0.3) is 0 Å². The molecule has 1 N–H and O–H groups in total. The molecule has 0 unspecified atom stereocenters. The van der Waals surface area contributed by atoms with Crippen LogP contribution in [0, 0.1) is 0 Å². The van der Waals surface area contributed by atoms with Crippen LogP contribution < -0.4 is 10.1 Å². The molecule has 1 heterocycles. The van der Waals surface area contributed by atoms with Crippen LogP contribution in [-0.2, 0) is 4.79 Å². The first-order valence-electron chi connectivity index (χ1n) is 9.70. The van der Waals surface area contributed by atoms with Crippen LogP contribution in [0.15, 0.2) is 48.5 Å². The summed E-state index contributed by atoms with van der Waals surface area (Å²) in [6, 6.07) is 14.1. The van der Waals surface area contributed by atoms with Crippen molar-refractivity contribution >= 4 is 29.1 Å². The largest absolute Gasteiger partial charge is 0.481 e. The zero-order valence-electron chi connectivity index (χ0n) is 16.0. The number of piperidine rings is 1. The van der Waals surface area contributed by atoms with Gasteiger partial charge in [-0.05, 0) is 56.0 Å². The summed E-state index contributed by atoms with van der Waals surface area (Å²) in [6.45, 7) is 3.40. The second-order valence-electron chi connectivity index (χ2n) is 6.86. The number of benzene rings is 2. The summed E-state index contributed by atoms with van der Waals surface area (Å²) >= 11 is 5.99. The number of nitrogens with one attached hydrogen (secondary N) is 1. The van der Waals surface area contributed by atoms with Crippen LogP contribution in [0.4, 0.5) is 5.69 Å². The second kappa shape index (κ2) is 9.60. The van der Waals surface area contributed by atoms with Crippen molar-refractivity contribution in [2.24, 2.45) is 0 Å². The van der Waals surface area contributed by atoms with Crippen molar-refractivity contribution in [3.63, 3.8) is 0 Å². The first-order chi connectivity index (χ1) is 13.6. The summed E-state index contributed by atoms with van der Waals surface area (Å²) in [7, 11) is 0. The molecular weight excluding hydrogens is 376 g/mol. The standard InChI is InChI=1S/C22H25ClN2O3/c1-2-20(28-17-10-8-9-16(23)15-17)21(26)24-19-12-5-4-11-18(19)22(27)25-13-6-3-7-14-25/h4-5,8-12,15,20H,2-3,6-7,13-14H2,1H3,(H,24,26)/t20-/m1/s1. The number of likely N-dealkylation sites (tertiary alicyclic amines) is 1. The predicted octanol–water partition coefficient (Wildman–Crippen LogP) is 4.76. The number of carbonyl (C=O) groups is 2. The van der Waals surface area contributed by atoms with Gasteiger partial charge in [0.2, 0.25) is 0 Å². The van der Waals surface area contributed by atoms with Gasteiger partial charge in [0.1, 0.15) is 5.75 Å². The van der Waals surface area contributed by atoms with Crippen LogP contribution in [0.1, 0.15) is 43.0 Å². The molecule has 0 radical (unpaired) electrons. The van der Waals surface area contributed by atoms with Crippen molar-refractivity contribution in [3.05, 3.63) is 59.1 Å². The van der Waals surface area contributed by atoms with E-state index in [-0.39, 0.29) is 11.8 Å². The van der Waals surface area contributed by atoms with Crippen molar-refractivity contribution in [1.82, 2.24) is 4.90 Å². The molecule has 0 saturated carbocycles. The van der Waals surface area contributed by atoms with E-state index in [4.69, 9.17) is 16.3 Å². The molecule has 5 nitrogen and oxygen atoms in total. The first kappa shape index (κ1) is 20.2. The van der Waals surface area contributed by atoms with E-state index in [1.165, 1.54) is 0 Å². The van der Waals surface area contributed by atoms with Gasteiger partial charge in [-0.25, -0.2) is 0 Å². The Morgan fingerprint density at radius 1 is 1.11 bits per heavy atom. The molecule has 28 heavy (non-hydrogen) atoms. The summed E-state index contributed by atoms with van der Waals surface area (Å²) < 4.78 is 5.80. The molecule has 1 saturated heterocycles. The highest BCUT2D eigenvalue weighted by Gasteiger charge is 2.24. The molecule has 2 aromatic rings. The average Bonchev–Trinajstić information content (AvgIpc) is 2.72. The van der Waals surface area contributed by atoms with Crippen LogP contribution in [-0.4, -0.2) is 35.9 Å². The van der Waals surface area contributed by atoms with Gasteiger partial charge in [0.25, 0.3) is 11.8 Å². The van der Waals surface area contributed by atoms with E-state index in [9.17, 15) is 9.59 Å². The molecule has 3 rings (SSSR count). The zero-order valence-corrected chi connectivity index (χ0v) is 16.7. The number of amides is 2. The number of ether oxygens (including phenoxy) is 1. The fourth-order valence-corrected chi connectivity index (χ4v) is 3.47. The van der Waals surface area contributed by atoms with E-state index in [0.29, 0.717) is 28.4 Å². The normalized spacial score (nSPS) is 15.0. The Hall–Kier alpha value is -2.53. The van der Waals surface area contributed by atoms with Crippen molar-refractivity contribution in [3.8, 4) is 5.75 Å². The third-order valence-electron chi connectivity index (χ3n) is 4.80. The Morgan fingerprint density at radius 2 is 1.86 bits per heavy atom. The van der Waals surface area contributed by atoms with Crippen LogP contribution in [0.3, 0.4) is 0 Å². The van der Waals surface area contributed by atoms with Gasteiger partial charge in [-0.2, -0.15) is 0 Å². The second-order valence-corrected chi connectivity index (χ2v) is 7.30. The highest BCUT2D eigenvalue weighted by molar-refractivity contribution is 6.30. The first-order valence-corrected chi connectivity index (χ1v) is 10.1. The molecule has 1 aliphatic heterocycles. The SMILES string of the molecule is CC[C@@H](Oc1cccc(Cl)c1)C(=O)Nc1ccccc1C(=O)N1CCCCC1. The predicted molar refractivity (Wildman–Crippen MR) is 111 cm³/mol. The van der Waals surface area contributed by atoms with Gasteiger partial charge >= 0.3 is 0 Å². The molecule has 1 aliphatic rings. The number of para-hydroxylation sites is 1. The highest BCUT2D eigenvalue weighted by atomic mass is 35.5. The van der Waals surface area contributed by atoms with Crippen molar-refractivity contribution in [1.29, 1.82) is 0 Å². The quantitative estimate of drug-likeness (QED) is 0.760. The molecule has 1 fully saturated rings. The minimum atomic E-state index is -0.684. The number of hydrogen-bond acceptors (Lipinski definition) is 3. The fourth-order valence-electron chi connectivity index (χ4n) is 3.29. The number of nitrogens with zero attached hydrogens (tertiary/aromatic N) is 1. The molecule has 2 aromatic carbocycles. The van der Waals surface area contributed by atoms with E-state index in [2.05, 4.69) is 5.32 Å². The maximum atomic E-state index is 12.9. The molecule has 2 amide bonds. The molecular formula is C22H25ClN2O3. The number of anilines is 1. The van der Waals surface area contributed by atoms with Crippen molar-refractivity contribution < 1.29 is 14.3 Å². The molecule has 0 aromatic heterocycles. The molecule has 148 valence electrons. The van der Waals surface area contributed by atoms with Gasteiger partial charge in [0.15, 0.2) is 6.10 Å². The van der Waals surface area contributed by atoms with Gasteiger partial charge in [-0.1, -0.05) is 36.7 Å². The number of halogens is 1. The lowest BCUT2D eigenvalue weighted by Gasteiger charge is -2.27. The lowest BCUT2D eigenvalue weighted by Crippen LogP contribution is -2.37.